The van der Waals surface area contributed by atoms with E-state index < -0.39 is 47.2 Å². The highest BCUT2D eigenvalue weighted by atomic mass is 32.2. The van der Waals surface area contributed by atoms with E-state index in [4.69, 9.17) is 0 Å². The summed E-state index contributed by atoms with van der Waals surface area (Å²) >= 11 is 0. The zero-order chi connectivity index (χ0) is 18.1. The number of halogens is 1. The van der Waals surface area contributed by atoms with Crippen LogP contribution in [-0.2, 0) is 19.9 Å². The summed E-state index contributed by atoms with van der Waals surface area (Å²) in [5, 5.41) is 10.8. The zero-order valence-electron chi connectivity index (χ0n) is 12.9. The van der Waals surface area contributed by atoms with E-state index >= 15 is 0 Å². The number of sulfonamides is 1. The predicted octanol–water partition coefficient (Wildman–Crippen LogP) is 1.32. The lowest BCUT2D eigenvalue weighted by Crippen LogP contribution is -2.41. The lowest BCUT2D eigenvalue weighted by molar-refractivity contribution is -0.387. The molecule has 0 unspecified atom stereocenters. The molecule has 1 heterocycles. The number of nitrogens with zero attached hydrogens (tertiary/aromatic N) is 2. The Morgan fingerprint density at radius 2 is 2.08 bits per heavy atom. The maximum atomic E-state index is 13.4. The maximum Gasteiger partial charge on any atom is 0.306 e. The minimum absolute atomic E-state index is 0.0771. The molecule has 1 fully saturated rings. The van der Waals surface area contributed by atoms with Crippen LogP contribution in [0.5, 0.6) is 0 Å². The fourth-order valence-corrected chi connectivity index (χ4v) is 6.24. The monoisotopic (exact) mass is 380 g/mol. The Labute approximate surface area is 139 Å². The minimum Gasteiger partial charge on any atom is -0.258 e. The second-order valence-corrected chi connectivity index (χ2v) is 9.66. The van der Waals surface area contributed by atoms with Crippen LogP contribution in [0.25, 0.3) is 0 Å². The van der Waals surface area contributed by atoms with Crippen molar-refractivity contribution in [3.63, 3.8) is 0 Å². The standard InChI is InChI=1S/C13H17FN2O6S2/c1-2-6-15(10-5-7-23(19,20)9-10)24(21,22)11-3-4-12(14)13(8-11)16(17)18/h3-4,8,10H,2,5-7,9H2,1H3/t10-/m0/s1. The quantitative estimate of drug-likeness (QED) is 0.543. The summed E-state index contributed by atoms with van der Waals surface area (Å²) in [7, 11) is -7.48. The van der Waals surface area contributed by atoms with Crippen LogP contribution in [0.4, 0.5) is 10.1 Å². The Morgan fingerprint density at radius 3 is 2.58 bits per heavy atom. The first-order valence-corrected chi connectivity index (χ1v) is 10.5. The molecule has 24 heavy (non-hydrogen) atoms. The van der Waals surface area contributed by atoms with Crippen molar-refractivity contribution in [3.05, 3.63) is 34.1 Å². The number of hydrogen-bond acceptors (Lipinski definition) is 6. The number of nitro benzene ring substituents is 1. The molecule has 8 nitrogen and oxygen atoms in total. The van der Waals surface area contributed by atoms with E-state index in [1.165, 1.54) is 0 Å². The lowest BCUT2D eigenvalue weighted by Gasteiger charge is -2.26. The molecule has 1 saturated heterocycles. The van der Waals surface area contributed by atoms with Gasteiger partial charge in [0.25, 0.3) is 0 Å². The van der Waals surface area contributed by atoms with Crippen molar-refractivity contribution in [2.75, 3.05) is 18.1 Å². The van der Waals surface area contributed by atoms with Gasteiger partial charge in [-0.25, -0.2) is 16.8 Å². The minimum atomic E-state index is -4.17. The van der Waals surface area contributed by atoms with Gasteiger partial charge in [0.1, 0.15) is 0 Å². The lowest BCUT2D eigenvalue weighted by atomic mass is 10.2. The number of rotatable bonds is 6. The third-order valence-corrected chi connectivity index (χ3v) is 7.48. The largest absolute Gasteiger partial charge is 0.306 e. The van der Waals surface area contributed by atoms with Crippen LogP contribution in [-0.4, -0.2) is 50.2 Å². The molecule has 0 aliphatic carbocycles. The molecule has 134 valence electrons. The van der Waals surface area contributed by atoms with Gasteiger partial charge in [-0.1, -0.05) is 6.92 Å². The molecule has 11 heteroatoms. The Balaban J connectivity index is 2.46. The molecule has 0 N–H and O–H groups in total. The van der Waals surface area contributed by atoms with E-state index in [1.807, 2.05) is 0 Å². The van der Waals surface area contributed by atoms with Gasteiger partial charge >= 0.3 is 5.69 Å². The zero-order valence-corrected chi connectivity index (χ0v) is 14.5. The summed E-state index contributed by atoms with van der Waals surface area (Å²) in [5.41, 5.74) is -0.938. The van der Waals surface area contributed by atoms with Crippen molar-refractivity contribution in [1.82, 2.24) is 4.31 Å². The van der Waals surface area contributed by atoms with Crippen LogP contribution in [0.3, 0.4) is 0 Å². The van der Waals surface area contributed by atoms with Crippen molar-refractivity contribution < 1.29 is 26.1 Å². The fourth-order valence-electron chi connectivity index (χ4n) is 2.65. The van der Waals surface area contributed by atoms with Crippen molar-refractivity contribution in [2.24, 2.45) is 0 Å². The van der Waals surface area contributed by atoms with Gasteiger partial charge < -0.3 is 0 Å². The van der Waals surface area contributed by atoms with E-state index in [0.717, 1.165) is 16.4 Å². The highest BCUT2D eigenvalue weighted by molar-refractivity contribution is 7.92. The van der Waals surface area contributed by atoms with Gasteiger partial charge in [0.2, 0.25) is 15.8 Å². The molecule has 2 rings (SSSR count). The molecule has 1 aromatic rings. The van der Waals surface area contributed by atoms with E-state index in [1.54, 1.807) is 6.92 Å². The van der Waals surface area contributed by atoms with Gasteiger partial charge in [0.15, 0.2) is 9.84 Å². The van der Waals surface area contributed by atoms with Crippen LogP contribution in [0.1, 0.15) is 19.8 Å². The molecule has 0 radical (unpaired) electrons. The number of benzene rings is 1. The molecule has 1 atom stereocenters. The summed E-state index contributed by atoms with van der Waals surface area (Å²) in [4.78, 5) is 9.39. The molecule has 1 aliphatic rings. The van der Waals surface area contributed by atoms with Crippen molar-refractivity contribution in [3.8, 4) is 0 Å². The molecule has 0 bridgehead atoms. The topological polar surface area (TPSA) is 115 Å². The summed E-state index contributed by atoms with van der Waals surface area (Å²) in [6.07, 6.45) is 0.615. The Hall–Kier alpha value is -1.59. The first kappa shape index (κ1) is 18.7. The van der Waals surface area contributed by atoms with Crippen LogP contribution in [0, 0.1) is 15.9 Å². The van der Waals surface area contributed by atoms with Gasteiger partial charge in [-0.05, 0) is 25.0 Å². The number of nitro groups is 1. The predicted molar refractivity (Wildman–Crippen MR) is 84.3 cm³/mol. The van der Waals surface area contributed by atoms with Crippen molar-refractivity contribution in [1.29, 1.82) is 0 Å². The van der Waals surface area contributed by atoms with E-state index in [-0.39, 0.29) is 24.5 Å². The SMILES string of the molecule is CCCN([C@H]1CCS(=O)(=O)C1)S(=O)(=O)c1ccc(F)c([N+](=O)[O-])c1. The highest BCUT2D eigenvalue weighted by Crippen LogP contribution is 2.28. The summed E-state index contributed by atoms with van der Waals surface area (Å²) in [6.45, 7) is 1.81. The molecule has 0 amide bonds. The normalized spacial score (nSPS) is 20.4. The van der Waals surface area contributed by atoms with Crippen molar-refractivity contribution >= 4 is 25.5 Å². The van der Waals surface area contributed by atoms with Crippen LogP contribution < -0.4 is 0 Å². The summed E-state index contributed by atoms with van der Waals surface area (Å²) < 4.78 is 63.3. The van der Waals surface area contributed by atoms with Gasteiger partial charge in [-0.3, -0.25) is 10.1 Å². The van der Waals surface area contributed by atoms with Gasteiger partial charge in [0.05, 0.1) is 21.3 Å². The molecule has 0 aromatic heterocycles. The molecule has 0 spiro atoms. The molecular formula is C13H17FN2O6S2. The molecule has 0 saturated carbocycles. The summed E-state index contributed by atoms with van der Waals surface area (Å²) in [6, 6.07) is 1.62. The van der Waals surface area contributed by atoms with E-state index in [2.05, 4.69) is 0 Å². The van der Waals surface area contributed by atoms with E-state index in [0.29, 0.717) is 12.5 Å². The summed E-state index contributed by atoms with van der Waals surface area (Å²) in [5.74, 6) is -1.52. The second kappa shape index (κ2) is 6.73. The smallest absolute Gasteiger partial charge is 0.258 e. The Morgan fingerprint density at radius 1 is 1.42 bits per heavy atom. The molecule has 1 aliphatic heterocycles. The fraction of sp³-hybridized carbons (Fsp3) is 0.538. The first-order valence-electron chi connectivity index (χ1n) is 7.24. The average molecular weight is 380 g/mol. The van der Waals surface area contributed by atoms with Crippen LogP contribution >= 0.6 is 0 Å². The number of sulfone groups is 1. The third kappa shape index (κ3) is 3.73. The number of hydrogen-bond donors (Lipinski definition) is 0. The van der Waals surface area contributed by atoms with Gasteiger partial charge in [0, 0.05) is 18.7 Å². The van der Waals surface area contributed by atoms with E-state index in [9.17, 15) is 31.3 Å². The molecule has 1 aromatic carbocycles. The average Bonchev–Trinajstić information content (AvgIpc) is 2.84. The second-order valence-electron chi connectivity index (χ2n) is 5.54. The van der Waals surface area contributed by atoms with Crippen LogP contribution in [0.2, 0.25) is 0 Å². The first-order chi connectivity index (χ1) is 11.1. The molecular weight excluding hydrogens is 363 g/mol. The highest BCUT2D eigenvalue weighted by Gasteiger charge is 2.38. The third-order valence-electron chi connectivity index (χ3n) is 3.78. The van der Waals surface area contributed by atoms with Gasteiger partial charge in [-0.15, -0.1) is 0 Å². The maximum absolute atomic E-state index is 13.4. The van der Waals surface area contributed by atoms with Crippen molar-refractivity contribution in [2.45, 2.75) is 30.7 Å². The van der Waals surface area contributed by atoms with Crippen LogP contribution in [0.15, 0.2) is 23.1 Å². The Bertz CT molecular complexity index is 853. The van der Waals surface area contributed by atoms with Gasteiger partial charge in [-0.2, -0.15) is 8.70 Å². The Kier molecular flexibility index (Phi) is 5.25.